The monoisotopic (exact) mass is 1100 g/mol. The van der Waals surface area contributed by atoms with Crippen molar-refractivity contribution in [2.75, 3.05) is 96.1 Å². The van der Waals surface area contributed by atoms with Crippen LogP contribution >= 0.6 is 0 Å². The molecule has 26 heteroatoms. The van der Waals surface area contributed by atoms with Gasteiger partial charge in [0.05, 0.1) is 67.0 Å². The molecule has 2 aromatic rings. The molecule has 0 bridgehead atoms. The van der Waals surface area contributed by atoms with Crippen LogP contribution in [0.2, 0.25) is 0 Å². The van der Waals surface area contributed by atoms with E-state index in [1.54, 1.807) is 18.2 Å². The van der Waals surface area contributed by atoms with Gasteiger partial charge >= 0.3 is 0 Å². The van der Waals surface area contributed by atoms with E-state index in [1.807, 2.05) is 44.7 Å². The number of carbonyl (C=O) groups excluding carboxylic acids is 4. The van der Waals surface area contributed by atoms with Gasteiger partial charge in [0.2, 0.25) is 29.3 Å². The van der Waals surface area contributed by atoms with Crippen molar-refractivity contribution in [2.24, 2.45) is 5.73 Å². The highest BCUT2D eigenvalue weighted by atomic mass is 32.2. The molecule has 8 N–H and O–H groups in total. The first-order chi connectivity index (χ1) is 34.8. The van der Waals surface area contributed by atoms with E-state index in [0.29, 0.717) is 120 Å². The third-order valence-electron chi connectivity index (χ3n) is 12.3. The lowest BCUT2D eigenvalue weighted by Gasteiger charge is -2.27. The van der Waals surface area contributed by atoms with Crippen LogP contribution in [0.5, 0.6) is 0 Å². The summed E-state index contributed by atoms with van der Waals surface area (Å²) in [5, 5.41) is 10.3. The van der Waals surface area contributed by atoms with E-state index in [2.05, 4.69) is 25.8 Å². The van der Waals surface area contributed by atoms with Crippen LogP contribution in [0, 0.1) is 0 Å². The second kappa shape index (κ2) is 28.1. The van der Waals surface area contributed by atoms with Crippen LogP contribution in [0.3, 0.4) is 0 Å². The molecule has 74 heavy (non-hydrogen) atoms. The molecule has 4 rings (SSSR count). The number of allylic oxidation sites excluding steroid dienone is 4. The fourth-order valence-electron chi connectivity index (χ4n) is 8.46. The lowest BCUT2D eigenvalue weighted by molar-refractivity contribution is -0.438. The molecule has 0 saturated carbocycles. The van der Waals surface area contributed by atoms with Gasteiger partial charge in [0, 0.05) is 80.2 Å². The average Bonchev–Trinajstić information content (AvgIpc) is 3.67. The Hall–Kier alpha value is -5.16. The zero-order chi connectivity index (χ0) is 54.7. The summed E-state index contributed by atoms with van der Waals surface area (Å²) in [6, 6.07) is 8.49. The van der Waals surface area contributed by atoms with E-state index < -0.39 is 58.8 Å². The third kappa shape index (κ3) is 18.9. The molecule has 0 spiro atoms. The molecule has 0 radical (unpaired) electrons. The molecule has 2 aliphatic rings. The number of amides is 4. The van der Waals surface area contributed by atoms with E-state index in [-0.39, 0.29) is 54.2 Å². The van der Waals surface area contributed by atoms with Gasteiger partial charge in [-0.05, 0) is 87.9 Å². The second-order valence-electron chi connectivity index (χ2n) is 18.6. The van der Waals surface area contributed by atoms with Crippen LogP contribution in [0.25, 0.3) is 0 Å². The van der Waals surface area contributed by atoms with Gasteiger partial charge in [-0.25, -0.2) is 8.42 Å². The summed E-state index contributed by atoms with van der Waals surface area (Å²) in [4.78, 5) is 48.3. The maximum Gasteiger partial charge on any atom is 0.294 e. The molecule has 4 amide bonds. The lowest BCUT2D eigenvalue weighted by Crippen LogP contribution is -2.43. The fourth-order valence-corrected chi connectivity index (χ4v) is 9.96. The van der Waals surface area contributed by atoms with Crippen molar-refractivity contribution in [3.05, 3.63) is 71.5 Å². The minimum Gasteiger partial charge on any atom is -0.744 e. The summed E-state index contributed by atoms with van der Waals surface area (Å²) in [6.07, 6.45) is 9.00. The van der Waals surface area contributed by atoms with Gasteiger partial charge in [0.1, 0.15) is 16.7 Å². The molecule has 2 aliphatic heterocycles. The molecule has 0 aromatic heterocycles. The molecule has 0 saturated heterocycles. The summed E-state index contributed by atoms with van der Waals surface area (Å²) in [5.41, 5.74) is 7.51. The van der Waals surface area contributed by atoms with Crippen LogP contribution < -0.4 is 31.9 Å². The highest BCUT2D eigenvalue weighted by Crippen LogP contribution is 2.49. The number of fused-ring (bicyclic) bond motifs is 2. The van der Waals surface area contributed by atoms with Crippen LogP contribution in [0.1, 0.15) is 83.8 Å². The Morgan fingerprint density at radius 3 is 1.85 bits per heavy atom. The SMILES string of the molecule is CC1(C)C(/C=C/C=C2/N(CCCS(=O)(=O)O)c3ccc(S(=O)(=O)O)cc3C2(C)C)=[N+](CCCCCC(=O)NCCCOCCOCCOCCCNC(=O)CNC(=O)CNC(=O)CN)c2ccc(S(=O)(=O)[O-])cc21. The molecule has 0 aliphatic carbocycles. The van der Waals surface area contributed by atoms with Crippen LogP contribution in [-0.2, 0) is 74.6 Å². The number of nitrogens with two attached hydrogens (primary N) is 1. The van der Waals surface area contributed by atoms with Crippen molar-refractivity contribution in [1.82, 2.24) is 21.3 Å². The number of ether oxygens (including phenoxy) is 3. The molecule has 0 fully saturated rings. The molecular formula is C48H71N7O16S3. The molecule has 2 heterocycles. The van der Waals surface area contributed by atoms with Crippen molar-refractivity contribution >= 4 is 71.1 Å². The van der Waals surface area contributed by atoms with Crippen molar-refractivity contribution in [3.8, 4) is 0 Å². The maximum atomic E-state index is 12.6. The van der Waals surface area contributed by atoms with Crippen LogP contribution in [0.15, 0.2) is 70.1 Å². The molecule has 0 unspecified atom stereocenters. The van der Waals surface area contributed by atoms with Gasteiger partial charge in [-0.1, -0.05) is 19.9 Å². The van der Waals surface area contributed by atoms with Gasteiger partial charge in [-0.15, -0.1) is 0 Å². The van der Waals surface area contributed by atoms with Crippen molar-refractivity contribution in [3.63, 3.8) is 0 Å². The molecule has 2 aromatic carbocycles. The van der Waals surface area contributed by atoms with Gasteiger partial charge in [-0.2, -0.15) is 21.4 Å². The fraction of sp³-hybridized carbons (Fsp3) is 0.562. The molecule has 412 valence electrons. The number of anilines is 1. The lowest BCUT2D eigenvalue weighted by atomic mass is 9.81. The Bertz CT molecular complexity index is 2740. The Balaban J connectivity index is 1.22. The number of hydrogen-bond acceptors (Lipinski definition) is 16. The first-order valence-electron chi connectivity index (χ1n) is 24.3. The Labute approximate surface area is 434 Å². The zero-order valence-corrected chi connectivity index (χ0v) is 44.8. The number of hydrogen-bond donors (Lipinski definition) is 7. The van der Waals surface area contributed by atoms with Crippen molar-refractivity contribution in [1.29, 1.82) is 0 Å². The van der Waals surface area contributed by atoms with Gasteiger partial charge in [0.25, 0.3) is 20.2 Å². The summed E-state index contributed by atoms with van der Waals surface area (Å²) < 4.78 is 122. The quantitative estimate of drug-likeness (QED) is 0.0303. The second-order valence-corrected chi connectivity index (χ2v) is 23.0. The van der Waals surface area contributed by atoms with E-state index >= 15 is 0 Å². The summed E-state index contributed by atoms with van der Waals surface area (Å²) in [5.74, 6) is -1.94. The van der Waals surface area contributed by atoms with E-state index in [0.717, 1.165) is 11.4 Å². The summed E-state index contributed by atoms with van der Waals surface area (Å²) in [7, 11) is -13.6. The zero-order valence-electron chi connectivity index (χ0n) is 42.4. The standard InChI is InChI=1S/C48H71N7O16S3/c1-47(2)37-30-35(73(63,64)65)15-17-39(37)54(41(47)12-8-13-42-48(3,4)38-31-36(74(66,67)68)16-18-40(38)55(42)22-11-29-72(60,61)62)21-7-5-6-14-43(56)50-19-9-23-69-25-27-71-28-26-70-24-10-20-51-45(58)33-53-46(59)34-52-44(57)32-49/h8,12-13,15-18,30-31H,5-7,9-11,14,19-29,32-34,49H2,1-4H3,(H6-,50,51,52,53,56,57,58,59,60,61,62,63,64,65,66,67,68). The predicted octanol–water partition coefficient (Wildman–Crippen LogP) is 1.54. The van der Waals surface area contributed by atoms with Gasteiger partial charge in [-0.3, -0.25) is 28.3 Å². The smallest absolute Gasteiger partial charge is 0.294 e. The van der Waals surface area contributed by atoms with Gasteiger partial charge < -0.3 is 50.7 Å². The molecule has 23 nitrogen and oxygen atoms in total. The van der Waals surface area contributed by atoms with Crippen LogP contribution in [-0.4, -0.2) is 164 Å². The average molecular weight is 1100 g/mol. The first kappa shape index (κ1) is 61.4. The number of rotatable bonds is 33. The topological polar surface area (TPSA) is 342 Å². The highest BCUT2D eigenvalue weighted by molar-refractivity contribution is 7.86. The van der Waals surface area contributed by atoms with Gasteiger partial charge in [0.15, 0.2) is 5.71 Å². The summed E-state index contributed by atoms with van der Waals surface area (Å²) in [6.45, 7) is 10.6. The number of benzene rings is 2. The van der Waals surface area contributed by atoms with E-state index in [1.165, 1.54) is 24.3 Å². The Kier molecular flexibility index (Phi) is 23.3. The maximum absolute atomic E-state index is 12.6. The minimum absolute atomic E-state index is 0.0486. The van der Waals surface area contributed by atoms with Crippen molar-refractivity contribution < 1.29 is 76.9 Å². The first-order valence-corrected chi connectivity index (χ1v) is 28.7. The predicted molar refractivity (Wildman–Crippen MR) is 273 cm³/mol. The third-order valence-corrected chi connectivity index (χ3v) is 14.8. The Morgan fingerprint density at radius 2 is 1.26 bits per heavy atom. The normalized spacial score (nSPS) is 15.6. The van der Waals surface area contributed by atoms with E-state index in [4.69, 9.17) is 19.9 Å². The molecular weight excluding hydrogens is 1030 g/mol. The number of nitrogens with one attached hydrogen (secondary N) is 4. The highest BCUT2D eigenvalue weighted by Gasteiger charge is 2.45. The Morgan fingerprint density at radius 1 is 0.689 bits per heavy atom. The largest absolute Gasteiger partial charge is 0.744 e. The number of carbonyl (C=O) groups is 4. The molecule has 0 atom stereocenters. The minimum atomic E-state index is -4.76. The van der Waals surface area contributed by atoms with E-state index in [9.17, 15) is 58.1 Å². The number of unbranched alkanes of at least 4 members (excludes halogenated alkanes) is 2. The van der Waals surface area contributed by atoms with Crippen molar-refractivity contribution in [2.45, 2.75) is 93.3 Å². The van der Waals surface area contributed by atoms with Crippen LogP contribution in [0.4, 0.5) is 11.4 Å². The number of nitrogens with zero attached hydrogens (tertiary/aromatic N) is 2. The summed E-state index contributed by atoms with van der Waals surface area (Å²) >= 11 is 0.